The van der Waals surface area contributed by atoms with Gasteiger partial charge in [-0.25, -0.2) is 4.68 Å². The smallest absolute Gasteiger partial charge is 0.241 e. The van der Waals surface area contributed by atoms with Gasteiger partial charge in [-0.3, -0.25) is 4.79 Å². The highest BCUT2D eigenvalue weighted by molar-refractivity contribution is 5.94. The predicted octanol–water partition coefficient (Wildman–Crippen LogP) is 1.94. The van der Waals surface area contributed by atoms with Gasteiger partial charge in [-0.05, 0) is 30.7 Å². The number of nitrogens with two attached hydrogens (primary N) is 1. The maximum Gasteiger partial charge on any atom is 0.241 e. The van der Waals surface area contributed by atoms with Gasteiger partial charge in [0.25, 0.3) is 0 Å². The van der Waals surface area contributed by atoms with E-state index in [1.165, 1.54) is 0 Å². The lowest BCUT2D eigenvalue weighted by molar-refractivity contribution is -0.117. The van der Waals surface area contributed by atoms with Gasteiger partial charge in [0.2, 0.25) is 5.91 Å². The lowest BCUT2D eigenvalue weighted by Gasteiger charge is -2.12. The average Bonchev–Trinajstić information content (AvgIpc) is 2.93. The number of hydrogen-bond donors (Lipinski definition) is 2. The Labute approximate surface area is 112 Å². The van der Waals surface area contributed by atoms with Crippen molar-refractivity contribution < 1.29 is 4.79 Å². The number of amides is 1. The molecule has 0 unspecified atom stereocenters. The highest BCUT2D eigenvalue weighted by atomic mass is 16.2. The van der Waals surface area contributed by atoms with E-state index in [1.807, 2.05) is 43.5 Å². The zero-order chi connectivity index (χ0) is 13.7. The predicted molar refractivity (Wildman–Crippen MR) is 75.1 cm³/mol. The molecule has 0 aliphatic rings. The third-order valence-corrected chi connectivity index (χ3v) is 2.82. The first kappa shape index (κ1) is 13.3. The van der Waals surface area contributed by atoms with Crippen molar-refractivity contribution in [2.45, 2.75) is 25.8 Å². The fourth-order valence-electron chi connectivity index (χ4n) is 1.82. The van der Waals surface area contributed by atoms with Crippen LogP contribution in [0.15, 0.2) is 42.7 Å². The molecule has 1 aromatic carbocycles. The SMILES string of the molecule is CCC[C@H](N)C(=O)Nc1cccc(-n2cccn2)c1. The van der Waals surface area contributed by atoms with E-state index in [0.29, 0.717) is 6.42 Å². The molecule has 0 bridgehead atoms. The molecule has 2 rings (SSSR count). The fraction of sp³-hybridized carbons (Fsp3) is 0.286. The van der Waals surface area contributed by atoms with E-state index in [2.05, 4.69) is 10.4 Å². The van der Waals surface area contributed by atoms with Crippen molar-refractivity contribution in [3.8, 4) is 5.69 Å². The van der Waals surface area contributed by atoms with Crippen LogP contribution in [0.3, 0.4) is 0 Å². The molecule has 0 saturated carbocycles. The normalized spacial score (nSPS) is 12.1. The number of nitrogens with one attached hydrogen (secondary N) is 1. The molecule has 3 N–H and O–H groups in total. The molecule has 0 aliphatic heterocycles. The third-order valence-electron chi connectivity index (χ3n) is 2.82. The summed E-state index contributed by atoms with van der Waals surface area (Å²) in [6, 6.07) is 8.89. The van der Waals surface area contributed by atoms with Crippen LogP contribution >= 0.6 is 0 Å². The summed E-state index contributed by atoms with van der Waals surface area (Å²) in [7, 11) is 0. The molecule has 0 spiro atoms. The van der Waals surface area contributed by atoms with Crippen LogP contribution in [-0.2, 0) is 4.79 Å². The van der Waals surface area contributed by atoms with Crippen molar-refractivity contribution in [3.05, 3.63) is 42.7 Å². The maximum absolute atomic E-state index is 11.8. The molecular formula is C14H18N4O. The maximum atomic E-state index is 11.8. The van der Waals surface area contributed by atoms with Crippen LogP contribution < -0.4 is 11.1 Å². The number of nitrogens with zero attached hydrogens (tertiary/aromatic N) is 2. The number of anilines is 1. The summed E-state index contributed by atoms with van der Waals surface area (Å²) < 4.78 is 1.74. The number of rotatable bonds is 5. The second-order valence-corrected chi connectivity index (χ2v) is 4.39. The van der Waals surface area contributed by atoms with Gasteiger partial charge in [0.05, 0.1) is 11.7 Å². The minimum Gasteiger partial charge on any atom is -0.325 e. The van der Waals surface area contributed by atoms with Crippen molar-refractivity contribution in [2.24, 2.45) is 5.73 Å². The van der Waals surface area contributed by atoms with Crippen LogP contribution in [0.4, 0.5) is 5.69 Å². The summed E-state index contributed by atoms with van der Waals surface area (Å²) >= 11 is 0. The standard InChI is InChI=1S/C14H18N4O/c1-2-5-13(15)14(19)17-11-6-3-7-12(10-11)18-9-4-8-16-18/h3-4,6-10,13H,2,5,15H2,1H3,(H,17,19)/t13-/m0/s1. The molecule has 5 heteroatoms. The minimum atomic E-state index is -0.460. The molecule has 0 saturated heterocycles. The number of aromatic nitrogens is 2. The molecule has 1 heterocycles. The summed E-state index contributed by atoms with van der Waals surface area (Å²) in [5.74, 6) is -0.153. The van der Waals surface area contributed by atoms with Gasteiger partial charge >= 0.3 is 0 Å². The molecule has 0 fully saturated rings. The van der Waals surface area contributed by atoms with Crippen molar-refractivity contribution in [1.29, 1.82) is 0 Å². The van der Waals surface area contributed by atoms with Crippen LogP contribution in [0.5, 0.6) is 0 Å². The molecule has 19 heavy (non-hydrogen) atoms. The molecule has 0 radical (unpaired) electrons. The Balaban J connectivity index is 2.09. The molecule has 1 aromatic heterocycles. The molecule has 5 nitrogen and oxygen atoms in total. The third kappa shape index (κ3) is 3.42. The zero-order valence-electron chi connectivity index (χ0n) is 10.9. The van der Waals surface area contributed by atoms with Crippen LogP contribution in [0.25, 0.3) is 5.69 Å². The Morgan fingerprint density at radius 3 is 3.00 bits per heavy atom. The average molecular weight is 258 g/mol. The van der Waals surface area contributed by atoms with Gasteiger partial charge in [-0.1, -0.05) is 19.4 Å². The Hall–Kier alpha value is -2.14. The van der Waals surface area contributed by atoms with Crippen molar-refractivity contribution >= 4 is 11.6 Å². The quantitative estimate of drug-likeness (QED) is 0.860. The Morgan fingerprint density at radius 1 is 1.47 bits per heavy atom. The summed E-state index contributed by atoms with van der Waals surface area (Å²) in [6.07, 6.45) is 5.14. The Bertz CT molecular complexity index is 536. The lowest BCUT2D eigenvalue weighted by atomic mass is 10.1. The van der Waals surface area contributed by atoms with E-state index < -0.39 is 6.04 Å². The van der Waals surface area contributed by atoms with E-state index in [4.69, 9.17) is 5.73 Å². The monoisotopic (exact) mass is 258 g/mol. The lowest BCUT2D eigenvalue weighted by Crippen LogP contribution is -2.35. The summed E-state index contributed by atoms with van der Waals surface area (Å²) in [5.41, 5.74) is 7.40. The molecule has 2 aromatic rings. The second-order valence-electron chi connectivity index (χ2n) is 4.39. The largest absolute Gasteiger partial charge is 0.325 e. The molecule has 1 atom stereocenters. The highest BCUT2D eigenvalue weighted by Crippen LogP contribution is 2.14. The topological polar surface area (TPSA) is 72.9 Å². The molecule has 1 amide bonds. The van der Waals surface area contributed by atoms with Crippen molar-refractivity contribution in [3.63, 3.8) is 0 Å². The highest BCUT2D eigenvalue weighted by Gasteiger charge is 2.12. The first-order valence-corrected chi connectivity index (χ1v) is 6.37. The summed E-state index contributed by atoms with van der Waals surface area (Å²) in [6.45, 7) is 2.01. The fourth-order valence-corrected chi connectivity index (χ4v) is 1.82. The van der Waals surface area contributed by atoms with Crippen LogP contribution in [0.1, 0.15) is 19.8 Å². The number of hydrogen-bond acceptors (Lipinski definition) is 3. The van der Waals surface area contributed by atoms with Gasteiger partial charge < -0.3 is 11.1 Å². The van der Waals surface area contributed by atoms with Gasteiger partial charge in [0.1, 0.15) is 0 Å². The van der Waals surface area contributed by atoms with Crippen molar-refractivity contribution in [1.82, 2.24) is 9.78 Å². The van der Waals surface area contributed by atoms with Gasteiger partial charge in [0.15, 0.2) is 0 Å². The van der Waals surface area contributed by atoms with Crippen molar-refractivity contribution in [2.75, 3.05) is 5.32 Å². The van der Waals surface area contributed by atoms with Gasteiger partial charge in [0, 0.05) is 18.1 Å². The Kier molecular flexibility index (Phi) is 4.30. The van der Waals surface area contributed by atoms with Crippen LogP contribution in [0.2, 0.25) is 0 Å². The van der Waals surface area contributed by atoms with Gasteiger partial charge in [-0.15, -0.1) is 0 Å². The van der Waals surface area contributed by atoms with E-state index in [-0.39, 0.29) is 5.91 Å². The van der Waals surface area contributed by atoms with E-state index in [0.717, 1.165) is 17.8 Å². The first-order valence-electron chi connectivity index (χ1n) is 6.37. The molecule has 100 valence electrons. The summed E-state index contributed by atoms with van der Waals surface area (Å²) in [5, 5.41) is 6.97. The molecule has 0 aliphatic carbocycles. The number of carbonyl (C=O) groups excluding carboxylic acids is 1. The zero-order valence-corrected chi connectivity index (χ0v) is 10.9. The van der Waals surface area contributed by atoms with Crippen LogP contribution in [-0.4, -0.2) is 21.7 Å². The second kappa shape index (κ2) is 6.15. The number of benzene rings is 1. The number of carbonyl (C=O) groups is 1. The van der Waals surface area contributed by atoms with E-state index in [1.54, 1.807) is 10.9 Å². The van der Waals surface area contributed by atoms with Gasteiger partial charge in [-0.2, -0.15) is 5.10 Å². The summed E-state index contributed by atoms with van der Waals surface area (Å²) in [4.78, 5) is 11.8. The van der Waals surface area contributed by atoms with Crippen LogP contribution in [0, 0.1) is 0 Å². The first-order chi connectivity index (χ1) is 9.20. The van der Waals surface area contributed by atoms with E-state index >= 15 is 0 Å². The minimum absolute atomic E-state index is 0.153. The Morgan fingerprint density at radius 2 is 2.32 bits per heavy atom. The molecular weight excluding hydrogens is 240 g/mol. The van der Waals surface area contributed by atoms with E-state index in [9.17, 15) is 4.79 Å².